The van der Waals surface area contributed by atoms with Gasteiger partial charge in [-0.2, -0.15) is 0 Å². The van der Waals surface area contributed by atoms with Crippen molar-refractivity contribution in [1.82, 2.24) is 25.5 Å². The molecule has 0 atom stereocenters. The highest BCUT2D eigenvalue weighted by molar-refractivity contribution is 7.09. The number of carbonyl (C=O) groups excluding carboxylic acids is 2. The van der Waals surface area contributed by atoms with Crippen molar-refractivity contribution in [3.05, 3.63) is 117 Å². The van der Waals surface area contributed by atoms with Crippen LogP contribution in [0.5, 0.6) is 0 Å². The largest absolute Gasteiger partial charge is 0.352 e. The molecule has 0 aliphatic carbocycles. The van der Waals surface area contributed by atoms with Crippen molar-refractivity contribution in [1.29, 1.82) is 0 Å². The van der Waals surface area contributed by atoms with Gasteiger partial charge in [0.15, 0.2) is 0 Å². The average Bonchev–Trinajstić information content (AvgIpc) is 3.39. The molecule has 2 aromatic heterocycles. The van der Waals surface area contributed by atoms with Crippen LogP contribution in [0.2, 0.25) is 0 Å². The van der Waals surface area contributed by atoms with E-state index < -0.39 is 0 Å². The molecule has 0 saturated heterocycles. The van der Waals surface area contributed by atoms with E-state index in [9.17, 15) is 9.59 Å². The van der Waals surface area contributed by atoms with Gasteiger partial charge in [0.1, 0.15) is 5.01 Å². The number of aromatic nitrogens is 2. The van der Waals surface area contributed by atoms with Gasteiger partial charge in [-0.05, 0) is 68.6 Å². The number of amides is 2. The maximum atomic E-state index is 12.8. The molecule has 2 amide bonds. The highest BCUT2D eigenvalue weighted by atomic mass is 32.1. The number of nitrogens with one attached hydrogen (secondary N) is 2. The Morgan fingerprint density at radius 3 is 2.37 bits per heavy atom. The lowest BCUT2D eigenvalue weighted by molar-refractivity contribution is 0.0785. The number of rotatable bonds is 11. The Balaban J connectivity index is 0.000000575. The van der Waals surface area contributed by atoms with Gasteiger partial charge in [0.2, 0.25) is 0 Å². The smallest absolute Gasteiger partial charge is 0.253 e. The second-order valence-corrected chi connectivity index (χ2v) is 11.2. The molecule has 2 aromatic carbocycles. The fraction of sp³-hybridized carbons (Fsp3) is 0.333. The number of hydrogen-bond acceptors (Lipinski definition) is 6. The van der Waals surface area contributed by atoms with Crippen LogP contribution in [0.15, 0.2) is 78.3 Å². The van der Waals surface area contributed by atoms with E-state index in [0.29, 0.717) is 36.7 Å². The van der Waals surface area contributed by atoms with Gasteiger partial charge in [-0.1, -0.05) is 55.8 Å². The molecule has 0 unspecified atom stereocenters. The summed E-state index contributed by atoms with van der Waals surface area (Å²) in [6.45, 7) is 10.8. The number of benzene rings is 2. The van der Waals surface area contributed by atoms with Crippen LogP contribution < -0.4 is 10.6 Å². The molecule has 0 radical (unpaired) electrons. The fourth-order valence-corrected chi connectivity index (χ4v) is 4.81. The van der Waals surface area contributed by atoms with Gasteiger partial charge in [-0.3, -0.25) is 14.6 Å². The number of nitrogens with zero attached hydrogens (tertiary/aromatic N) is 3. The first kappa shape index (κ1) is 31.6. The summed E-state index contributed by atoms with van der Waals surface area (Å²) in [7, 11) is 1.74. The number of pyridine rings is 1. The normalized spacial score (nSPS) is 10.6. The molecule has 0 aliphatic rings. The molecule has 4 rings (SSSR count). The van der Waals surface area contributed by atoms with E-state index in [1.807, 2.05) is 42.8 Å². The van der Waals surface area contributed by atoms with Crippen LogP contribution in [-0.4, -0.2) is 46.8 Å². The van der Waals surface area contributed by atoms with E-state index >= 15 is 0 Å². The molecular formula is C33H41N5O2S. The van der Waals surface area contributed by atoms with Gasteiger partial charge in [0.25, 0.3) is 11.8 Å². The van der Waals surface area contributed by atoms with Gasteiger partial charge < -0.3 is 15.5 Å². The van der Waals surface area contributed by atoms with Crippen LogP contribution in [0.1, 0.15) is 74.4 Å². The Kier molecular flexibility index (Phi) is 12.7. The summed E-state index contributed by atoms with van der Waals surface area (Å²) in [5.74, 6) is 0.162. The molecule has 7 nitrogen and oxygen atoms in total. The molecule has 2 N–H and O–H groups in total. The Morgan fingerprint density at radius 2 is 1.71 bits per heavy atom. The number of thiazole rings is 1. The van der Waals surface area contributed by atoms with E-state index in [2.05, 4.69) is 59.6 Å². The lowest BCUT2D eigenvalue weighted by Gasteiger charge is -2.16. The van der Waals surface area contributed by atoms with Crippen molar-refractivity contribution in [3.8, 4) is 0 Å². The summed E-state index contributed by atoms with van der Waals surface area (Å²) >= 11 is 1.54. The number of aryl methyl sites for hydroxylation is 2. The highest BCUT2D eigenvalue weighted by Gasteiger charge is 2.15. The minimum atomic E-state index is -0.181. The van der Waals surface area contributed by atoms with Gasteiger partial charge in [0, 0.05) is 48.5 Å². The van der Waals surface area contributed by atoms with Crippen LogP contribution in [0.3, 0.4) is 0 Å². The predicted molar refractivity (Wildman–Crippen MR) is 167 cm³/mol. The van der Waals surface area contributed by atoms with Gasteiger partial charge >= 0.3 is 0 Å². The van der Waals surface area contributed by atoms with Crippen LogP contribution in [0.25, 0.3) is 0 Å². The van der Waals surface area contributed by atoms with Gasteiger partial charge in [0.05, 0.1) is 12.2 Å². The van der Waals surface area contributed by atoms with Gasteiger partial charge in [-0.15, -0.1) is 11.3 Å². The van der Waals surface area contributed by atoms with Crippen molar-refractivity contribution >= 4 is 23.2 Å². The summed E-state index contributed by atoms with van der Waals surface area (Å²) < 4.78 is 0. The molecule has 0 bridgehead atoms. The van der Waals surface area contributed by atoms with E-state index in [1.54, 1.807) is 36.2 Å². The Labute approximate surface area is 248 Å². The second kappa shape index (κ2) is 16.4. The SMILES string of the molecule is Cc1ccccc1.Cc1csc(CN(C)C(=O)c2cccc(C(=O)NCCCNCc3cc(C(C)C)ccn3)c2)n1. The predicted octanol–water partition coefficient (Wildman–Crippen LogP) is 6.15. The van der Waals surface area contributed by atoms with Crippen molar-refractivity contribution in [2.75, 3.05) is 20.1 Å². The summed E-state index contributed by atoms with van der Waals surface area (Å²) in [5, 5.41) is 9.16. The van der Waals surface area contributed by atoms with Crippen LogP contribution in [0.4, 0.5) is 0 Å². The standard InChI is InChI=1S/C26H33N5O2S.C7H8/c1-18(2)20-9-12-28-23(14-20)15-27-10-6-11-29-25(32)21-7-5-8-22(13-21)26(33)31(4)16-24-30-19(3)17-34-24;1-7-5-3-2-4-6-7/h5,7-9,12-14,17-18,27H,6,10-11,15-16H2,1-4H3,(H,29,32);2-6H,1H3. The molecule has 41 heavy (non-hydrogen) atoms. The molecule has 2 heterocycles. The summed E-state index contributed by atoms with van der Waals surface area (Å²) in [4.78, 5) is 35.8. The zero-order valence-electron chi connectivity index (χ0n) is 24.7. The number of carbonyl (C=O) groups is 2. The van der Waals surface area contributed by atoms with E-state index in [1.165, 1.54) is 22.5 Å². The van der Waals surface area contributed by atoms with Crippen molar-refractivity contribution in [2.24, 2.45) is 0 Å². The zero-order chi connectivity index (χ0) is 29.6. The monoisotopic (exact) mass is 571 g/mol. The van der Waals surface area contributed by atoms with E-state index in [-0.39, 0.29) is 11.8 Å². The first-order valence-electron chi connectivity index (χ1n) is 13.9. The maximum absolute atomic E-state index is 12.8. The van der Waals surface area contributed by atoms with E-state index in [0.717, 1.165) is 29.4 Å². The Bertz CT molecular complexity index is 1390. The molecular weight excluding hydrogens is 530 g/mol. The molecule has 4 aromatic rings. The first-order chi connectivity index (χ1) is 19.7. The average molecular weight is 572 g/mol. The Hall–Kier alpha value is -3.88. The topological polar surface area (TPSA) is 87.2 Å². The third kappa shape index (κ3) is 10.9. The van der Waals surface area contributed by atoms with Crippen LogP contribution in [-0.2, 0) is 13.1 Å². The summed E-state index contributed by atoms with van der Waals surface area (Å²) in [6.07, 6.45) is 2.65. The van der Waals surface area contributed by atoms with Crippen LogP contribution in [0, 0.1) is 13.8 Å². The minimum absolute atomic E-state index is 0.137. The third-order valence-corrected chi connectivity index (χ3v) is 7.28. The quantitative estimate of drug-likeness (QED) is 0.211. The molecule has 216 valence electrons. The second-order valence-electron chi connectivity index (χ2n) is 10.3. The van der Waals surface area contributed by atoms with Crippen molar-refractivity contribution in [3.63, 3.8) is 0 Å². The molecule has 0 saturated carbocycles. The molecule has 0 fully saturated rings. The molecule has 8 heteroatoms. The first-order valence-corrected chi connectivity index (χ1v) is 14.8. The maximum Gasteiger partial charge on any atom is 0.253 e. The van der Waals surface area contributed by atoms with Gasteiger partial charge in [-0.25, -0.2) is 4.98 Å². The fourth-order valence-electron chi connectivity index (χ4n) is 3.98. The minimum Gasteiger partial charge on any atom is -0.352 e. The summed E-state index contributed by atoms with van der Waals surface area (Å²) in [5.41, 5.74) is 5.54. The summed E-state index contributed by atoms with van der Waals surface area (Å²) in [6, 6.07) is 21.3. The van der Waals surface area contributed by atoms with Crippen LogP contribution >= 0.6 is 11.3 Å². The van der Waals surface area contributed by atoms with Crippen molar-refractivity contribution < 1.29 is 9.59 Å². The van der Waals surface area contributed by atoms with E-state index in [4.69, 9.17) is 0 Å². The highest BCUT2D eigenvalue weighted by Crippen LogP contribution is 2.15. The van der Waals surface area contributed by atoms with Crippen molar-refractivity contribution in [2.45, 2.75) is 53.1 Å². The number of hydrogen-bond donors (Lipinski definition) is 2. The lowest BCUT2D eigenvalue weighted by Crippen LogP contribution is -2.28. The lowest BCUT2D eigenvalue weighted by atomic mass is 10.0. The zero-order valence-corrected chi connectivity index (χ0v) is 25.5. The Morgan fingerprint density at radius 1 is 0.951 bits per heavy atom. The molecule has 0 spiro atoms. The molecule has 0 aliphatic heterocycles. The third-order valence-electron chi connectivity index (χ3n) is 6.33.